The zero-order chi connectivity index (χ0) is 15.7. The lowest BCUT2D eigenvalue weighted by Gasteiger charge is -2.28. The van der Waals surface area contributed by atoms with Crippen LogP contribution in [-0.2, 0) is 4.79 Å². The van der Waals surface area contributed by atoms with Gasteiger partial charge < -0.3 is 10.2 Å². The van der Waals surface area contributed by atoms with Crippen LogP contribution >= 0.6 is 0 Å². The van der Waals surface area contributed by atoms with Crippen LogP contribution < -0.4 is 5.32 Å². The molecule has 0 radical (unpaired) electrons. The summed E-state index contributed by atoms with van der Waals surface area (Å²) in [5.41, 5.74) is 0.473. The van der Waals surface area contributed by atoms with Crippen molar-refractivity contribution >= 4 is 5.91 Å². The highest BCUT2D eigenvalue weighted by Crippen LogP contribution is 2.49. The van der Waals surface area contributed by atoms with Gasteiger partial charge in [-0.15, -0.1) is 0 Å². The van der Waals surface area contributed by atoms with Gasteiger partial charge in [0.25, 0.3) is 0 Å². The predicted molar refractivity (Wildman–Crippen MR) is 80.5 cm³/mol. The second kappa shape index (κ2) is 6.32. The second-order valence-corrected chi connectivity index (χ2v) is 6.29. The summed E-state index contributed by atoms with van der Waals surface area (Å²) < 4.78 is 26.9. The Morgan fingerprint density at radius 3 is 2.86 bits per heavy atom. The van der Waals surface area contributed by atoms with Gasteiger partial charge in [-0.25, -0.2) is 8.78 Å². The Kier molecular flexibility index (Phi) is 4.43. The number of nitrogens with one attached hydrogen (secondary N) is 1. The third-order valence-electron chi connectivity index (χ3n) is 4.69. The molecule has 3 unspecified atom stereocenters. The van der Waals surface area contributed by atoms with E-state index in [0.29, 0.717) is 12.0 Å². The summed E-state index contributed by atoms with van der Waals surface area (Å²) in [5.74, 6) is -1.22. The van der Waals surface area contributed by atoms with Crippen LogP contribution in [0.1, 0.15) is 37.7 Å². The lowest BCUT2D eigenvalue weighted by molar-refractivity contribution is -0.134. The summed E-state index contributed by atoms with van der Waals surface area (Å²) in [4.78, 5) is 14.7. The largest absolute Gasteiger partial charge is 0.338 e. The van der Waals surface area contributed by atoms with Gasteiger partial charge in [0.2, 0.25) is 5.91 Å². The second-order valence-electron chi connectivity index (χ2n) is 6.29. The number of rotatable bonds is 5. The molecule has 1 aromatic carbocycles. The summed E-state index contributed by atoms with van der Waals surface area (Å²) in [6, 6.07) is 3.90. The van der Waals surface area contributed by atoms with Gasteiger partial charge in [-0.05, 0) is 43.4 Å². The Hall–Kier alpha value is -1.49. The molecule has 1 N–H and O–H groups in total. The standard InChI is InChI=1S/C17H22F2N2O/c1-2-7-21(12-5-6-20-10-12)17(22)15-9-14(15)13-4-3-11(18)8-16(13)19/h3-4,8,12,14-15,20H,2,5-7,9-10H2,1H3. The first-order valence-corrected chi connectivity index (χ1v) is 8.08. The predicted octanol–water partition coefficient (Wildman–Crippen LogP) is 2.67. The van der Waals surface area contributed by atoms with Crippen molar-refractivity contribution in [1.29, 1.82) is 0 Å². The number of hydrogen-bond donors (Lipinski definition) is 1. The molecule has 0 bridgehead atoms. The van der Waals surface area contributed by atoms with Crippen molar-refractivity contribution in [2.45, 2.75) is 38.1 Å². The van der Waals surface area contributed by atoms with Crippen molar-refractivity contribution in [2.75, 3.05) is 19.6 Å². The van der Waals surface area contributed by atoms with Gasteiger partial charge in [0.05, 0.1) is 0 Å². The Labute approximate surface area is 129 Å². The van der Waals surface area contributed by atoms with Crippen LogP contribution in [0.5, 0.6) is 0 Å². The molecule has 1 amide bonds. The fraction of sp³-hybridized carbons (Fsp3) is 0.588. The molecular weight excluding hydrogens is 286 g/mol. The SMILES string of the molecule is CCCN(C(=O)C1CC1c1ccc(F)cc1F)C1CCNC1. The van der Waals surface area contributed by atoms with Crippen LogP contribution in [0.2, 0.25) is 0 Å². The molecule has 5 heteroatoms. The molecular formula is C17H22F2N2O. The van der Waals surface area contributed by atoms with Crippen LogP contribution in [0.25, 0.3) is 0 Å². The van der Waals surface area contributed by atoms with Gasteiger partial charge in [0.15, 0.2) is 0 Å². The molecule has 2 fully saturated rings. The Morgan fingerprint density at radius 2 is 2.23 bits per heavy atom. The highest BCUT2D eigenvalue weighted by atomic mass is 19.1. The first-order valence-electron chi connectivity index (χ1n) is 8.08. The van der Waals surface area contributed by atoms with Crippen molar-refractivity contribution in [3.8, 4) is 0 Å². The Morgan fingerprint density at radius 1 is 1.41 bits per heavy atom. The van der Waals surface area contributed by atoms with Crippen molar-refractivity contribution < 1.29 is 13.6 Å². The Balaban J connectivity index is 1.70. The Bertz CT molecular complexity index is 558. The van der Waals surface area contributed by atoms with Gasteiger partial charge in [-0.2, -0.15) is 0 Å². The minimum atomic E-state index is -0.575. The van der Waals surface area contributed by atoms with E-state index in [4.69, 9.17) is 0 Å². The number of benzene rings is 1. The normalized spacial score (nSPS) is 27.0. The van der Waals surface area contributed by atoms with Gasteiger partial charge in [-0.3, -0.25) is 4.79 Å². The number of halogens is 2. The number of carbonyl (C=O) groups is 1. The lowest BCUT2D eigenvalue weighted by Crippen LogP contribution is -2.43. The van der Waals surface area contributed by atoms with E-state index in [9.17, 15) is 13.6 Å². The maximum absolute atomic E-state index is 13.9. The molecule has 22 heavy (non-hydrogen) atoms. The van der Waals surface area contributed by atoms with Gasteiger partial charge in [-0.1, -0.05) is 13.0 Å². The summed E-state index contributed by atoms with van der Waals surface area (Å²) in [7, 11) is 0. The maximum Gasteiger partial charge on any atom is 0.226 e. The topological polar surface area (TPSA) is 32.3 Å². The summed E-state index contributed by atoms with van der Waals surface area (Å²) in [5, 5.41) is 3.29. The molecule has 0 spiro atoms. The third kappa shape index (κ3) is 3.00. The van der Waals surface area contributed by atoms with E-state index in [1.165, 1.54) is 12.1 Å². The molecule has 3 atom stereocenters. The monoisotopic (exact) mass is 308 g/mol. The minimum absolute atomic E-state index is 0.0955. The van der Waals surface area contributed by atoms with Crippen molar-refractivity contribution in [2.24, 2.45) is 5.92 Å². The van der Waals surface area contributed by atoms with E-state index in [1.54, 1.807) is 0 Å². The van der Waals surface area contributed by atoms with E-state index in [0.717, 1.165) is 38.5 Å². The molecule has 1 aliphatic heterocycles. The van der Waals surface area contributed by atoms with Crippen molar-refractivity contribution in [3.05, 3.63) is 35.4 Å². The molecule has 0 aromatic heterocycles. The van der Waals surface area contributed by atoms with Crippen LogP contribution in [0, 0.1) is 17.6 Å². The van der Waals surface area contributed by atoms with E-state index in [-0.39, 0.29) is 23.8 Å². The van der Waals surface area contributed by atoms with Gasteiger partial charge in [0, 0.05) is 31.1 Å². The molecule has 120 valence electrons. The number of nitrogens with zero attached hydrogens (tertiary/aromatic N) is 1. The van der Waals surface area contributed by atoms with Crippen molar-refractivity contribution in [1.82, 2.24) is 10.2 Å². The molecule has 2 aliphatic rings. The summed E-state index contributed by atoms with van der Waals surface area (Å²) in [6.07, 6.45) is 2.57. The summed E-state index contributed by atoms with van der Waals surface area (Å²) in [6.45, 7) is 4.60. The third-order valence-corrected chi connectivity index (χ3v) is 4.69. The zero-order valence-corrected chi connectivity index (χ0v) is 12.8. The smallest absolute Gasteiger partial charge is 0.226 e. The highest BCUT2D eigenvalue weighted by Gasteiger charge is 2.47. The van der Waals surface area contributed by atoms with E-state index >= 15 is 0 Å². The van der Waals surface area contributed by atoms with E-state index in [2.05, 4.69) is 12.2 Å². The fourth-order valence-electron chi connectivity index (χ4n) is 3.45. The number of hydrogen-bond acceptors (Lipinski definition) is 2. The molecule has 1 aromatic rings. The fourth-order valence-corrected chi connectivity index (χ4v) is 3.45. The van der Waals surface area contributed by atoms with Crippen LogP contribution in [-0.4, -0.2) is 36.5 Å². The molecule has 1 aliphatic carbocycles. The van der Waals surface area contributed by atoms with Crippen molar-refractivity contribution in [3.63, 3.8) is 0 Å². The van der Waals surface area contributed by atoms with Crippen LogP contribution in [0.15, 0.2) is 18.2 Å². The minimum Gasteiger partial charge on any atom is -0.338 e. The molecule has 1 saturated carbocycles. The maximum atomic E-state index is 13.9. The van der Waals surface area contributed by atoms with E-state index < -0.39 is 11.6 Å². The van der Waals surface area contributed by atoms with Gasteiger partial charge in [0.1, 0.15) is 11.6 Å². The quantitative estimate of drug-likeness (QED) is 0.907. The molecule has 1 saturated heterocycles. The highest BCUT2D eigenvalue weighted by molar-refractivity contribution is 5.83. The molecule has 3 nitrogen and oxygen atoms in total. The average Bonchev–Trinajstić information content (AvgIpc) is 3.08. The molecule has 1 heterocycles. The summed E-state index contributed by atoms with van der Waals surface area (Å²) >= 11 is 0. The van der Waals surface area contributed by atoms with Crippen LogP contribution in [0.4, 0.5) is 8.78 Å². The molecule has 3 rings (SSSR count). The lowest BCUT2D eigenvalue weighted by atomic mass is 10.1. The number of carbonyl (C=O) groups excluding carboxylic acids is 1. The average molecular weight is 308 g/mol. The van der Waals surface area contributed by atoms with E-state index in [1.807, 2.05) is 4.90 Å². The van der Waals surface area contributed by atoms with Crippen LogP contribution in [0.3, 0.4) is 0 Å². The first-order chi connectivity index (χ1) is 10.6. The number of amides is 1. The first kappa shape index (κ1) is 15.4. The zero-order valence-electron chi connectivity index (χ0n) is 12.8. The van der Waals surface area contributed by atoms with Gasteiger partial charge >= 0.3 is 0 Å².